The molecular weight excluding hydrogens is 260 g/mol. The van der Waals surface area contributed by atoms with E-state index in [4.69, 9.17) is 4.74 Å². The lowest BCUT2D eigenvalue weighted by Gasteiger charge is -2.38. The summed E-state index contributed by atoms with van der Waals surface area (Å²) in [5.74, 6) is 2.28. The molecule has 2 atom stereocenters. The van der Waals surface area contributed by atoms with Gasteiger partial charge in [0.1, 0.15) is 5.75 Å². The van der Waals surface area contributed by atoms with E-state index in [1.54, 1.807) is 7.11 Å². The summed E-state index contributed by atoms with van der Waals surface area (Å²) in [7, 11) is 1.71. The van der Waals surface area contributed by atoms with Crippen molar-refractivity contribution in [1.29, 1.82) is 0 Å². The standard InChI is InChI=1S/C19H30O2/c1-14(2)10-16-6-5-9-19(20,12-16)13-17-11-15(3)7-8-18(17)21-4/h7-8,11,14,16,20H,5-6,9-10,12-13H2,1-4H3. The van der Waals surface area contributed by atoms with Crippen molar-refractivity contribution in [1.82, 2.24) is 0 Å². The van der Waals surface area contributed by atoms with E-state index >= 15 is 0 Å². The summed E-state index contributed by atoms with van der Waals surface area (Å²) in [6.07, 6.45) is 6.20. The molecule has 2 unspecified atom stereocenters. The van der Waals surface area contributed by atoms with Gasteiger partial charge in [0.25, 0.3) is 0 Å². The molecule has 1 fully saturated rings. The lowest BCUT2D eigenvalue weighted by atomic mass is 9.72. The normalized spacial score (nSPS) is 26.1. The van der Waals surface area contributed by atoms with Crippen LogP contribution in [0.1, 0.15) is 57.1 Å². The molecule has 1 aromatic carbocycles. The zero-order chi connectivity index (χ0) is 15.5. The number of hydrogen-bond donors (Lipinski definition) is 1. The van der Waals surface area contributed by atoms with E-state index in [2.05, 4.69) is 32.9 Å². The summed E-state index contributed by atoms with van der Waals surface area (Å²) >= 11 is 0. The van der Waals surface area contributed by atoms with Gasteiger partial charge in [-0.2, -0.15) is 0 Å². The second-order valence-corrected chi connectivity index (χ2v) is 7.31. The first-order valence-electron chi connectivity index (χ1n) is 8.28. The SMILES string of the molecule is COc1ccc(C)cc1CC1(O)CCCC(CC(C)C)C1. The number of rotatable bonds is 5. The Labute approximate surface area is 129 Å². The van der Waals surface area contributed by atoms with Crippen LogP contribution in [-0.4, -0.2) is 17.8 Å². The second kappa shape index (κ2) is 6.83. The first-order chi connectivity index (χ1) is 9.92. The average molecular weight is 290 g/mol. The van der Waals surface area contributed by atoms with Gasteiger partial charge in [0.2, 0.25) is 0 Å². The smallest absolute Gasteiger partial charge is 0.122 e. The zero-order valence-electron chi connectivity index (χ0n) is 14.0. The van der Waals surface area contributed by atoms with Crippen LogP contribution in [0.5, 0.6) is 5.75 Å². The van der Waals surface area contributed by atoms with Crippen LogP contribution in [0, 0.1) is 18.8 Å². The Hall–Kier alpha value is -1.02. The molecule has 1 aliphatic carbocycles. The van der Waals surface area contributed by atoms with Crippen LogP contribution in [0.2, 0.25) is 0 Å². The van der Waals surface area contributed by atoms with Crippen molar-refractivity contribution in [3.63, 3.8) is 0 Å². The molecule has 1 aromatic rings. The first-order valence-corrected chi connectivity index (χ1v) is 8.28. The topological polar surface area (TPSA) is 29.5 Å². The van der Waals surface area contributed by atoms with Gasteiger partial charge < -0.3 is 9.84 Å². The molecule has 0 amide bonds. The van der Waals surface area contributed by atoms with E-state index in [1.807, 2.05) is 6.07 Å². The summed E-state index contributed by atoms with van der Waals surface area (Å²) in [6, 6.07) is 6.24. The summed E-state index contributed by atoms with van der Waals surface area (Å²) < 4.78 is 5.47. The van der Waals surface area contributed by atoms with E-state index in [0.29, 0.717) is 18.3 Å². The average Bonchev–Trinajstić information content (AvgIpc) is 2.37. The number of aliphatic hydroxyl groups is 1. The molecule has 0 aromatic heterocycles. The fourth-order valence-corrected chi connectivity index (χ4v) is 3.89. The molecule has 0 bridgehead atoms. The summed E-state index contributed by atoms with van der Waals surface area (Å²) in [5, 5.41) is 11.1. The lowest BCUT2D eigenvalue weighted by Crippen LogP contribution is -2.37. The maximum atomic E-state index is 11.1. The molecule has 0 aliphatic heterocycles. The third-order valence-corrected chi connectivity index (χ3v) is 4.68. The number of hydrogen-bond acceptors (Lipinski definition) is 2. The fraction of sp³-hybridized carbons (Fsp3) is 0.684. The monoisotopic (exact) mass is 290 g/mol. The Balaban J connectivity index is 2.11. The van der Waals surface area contributed by atoms with Crippen LogP contribution in [0.15, 0.2) is 18.2 Å². The highest BCUT2D eigenvalue weighted by Crippen LogP contribution is 2.39. The van der Waals surface area contributed by atoms with Crippen LogP contribution in [0.25, 0.3) is 0 Å². The molecule has 1 aliphatic rings. The predicted molar refractivity (Wildman–Crippen MR) is 87.8 cm³/mol. The van der Waals surface area contributed by atoms with Gasteiger partial charge >= 0.3 is 0 Å². The highest BCUT2D eigenvalue weighted by Gasteiger charge is 2.35. The van der Waals surface area contributed by atoms with Crippen molar-refractivity contribution >= 4 is 0 Å². The molecule has 0 heterocycles. The molecule has 2 heteroatoms. The maximum absolute atomic E-state index is 11.1. The van der Waals surface area contributed by atoms with Crippen molar-refractivity contribution < 1.29 is 9.84 Å². The Morgan fingerprint density at radius 3 is 2.81 bits per heavy atom. The van der Waals surface area contributed by atoms with E-state index in [0.717, 1.165) is 30.6 Å². The molecule has 0 radical (unpaired) electrons. The third kappa shape index (κ3) is 4.47. The van der Waals surface area contributed by atoms with Gasteiger partial charge in [-0.05, 0) is 49.7 Å². The summed E-state index contributed by atoms with van der Waals surface area (Å²) in [4.78, 5) is 0. The molecule has 0 saturated heterocycles. The highest BCUT2D eigenvalue weighted by molar-refractivity contribution is 5.38. The van der Waals surface area contributed by atoms with Crippen molar-refractivity contribution in [2.24, 2.45) is 11.8 Å². The van der Waals surface area contributed by atoms with E-state index in [-0.39, 0.29) is 0 Å². The number of ether oxygens (including phenoxy) is 1. The zero-order valence-corrected chi connectivity index (χ0v) is 14.0. The first kappa shape index (κ1) is 16.4. The van der Waals surface area contributed by atoms with Crippen LogP contribution < -0.4 is 4.74 Å². The summed E-state index contributed by atoms with van der Waals surface area (Å²) in [6.45, 7) is 6.64. The van der Waals surface area contributed by atoms with Crippen molar-refractivity contribution in [3.8, 4) is 5.75 Å². The minimum Gasteiger partial charge on any atom is -0.496 e. The van der Waals surface area contributed by atoms with Gasteiger partial charge in [-0.1, -0.05) is 44.4 Å². The highest BCUT2D eigenvalue weighted by atomic mass is 16.5. The molecule has 1 N–H and O–H groups in total. The van der Waals surface area contributed by atoms with Crippen LogP contribution in [0.3, 0.4) is 0 Å². The quantitative estimate of drug-likeness (QED) is 0.864. The molecule has 118 valence electrons. The van der Waals surface area contributed by atoms with Gasteiger partial charge in [-0.3, -0.25) is 0 Å². The van der Waals surface area contributed by atoms with Gasteiger partial charge in [0.05, 0.1) is 12.7 Å². The molecule has 0 spiro atoms. The maximum Gasteiger partial charge on any atom is 0.122 e. The van der Waals surface area contributed by atoms with E-state index in [1.165, 1.54) is 18.4 Å². The number of benzene rings is 1. The lowest BCUT2D eigenvalue weighted by molar-refractivity contribution is -0.0193. The molecule has 21 heavy (non-hydrogen) atoms. The minimum atomic E-state index is -0.557. The van der Waals surface area contributed by atoms with E-state index < -0.39 is 5.60 Å². The van der Waals surface area contributed by atoms with Crippen molar-refractivity contribution in [3.05, 3.63) is 29.3 Å². The van der Waals surface area contributed by atoms with Crippen molar-refractivity contribution in [2.45, 2.75) is 64.9 Å². The fourth-order valence-electron chi connectivity index (χ4n) is 3.89. The van der Waals surface area contributed by atoms with Gasteiger partial charge in [0, 0.05) is 6.42 Å². The Bertz CT molecular complexity index is 467. The molecule has 2 rings (SSSR count). The molecule has 2 nitrogen and oxygen atoms in total. The van der Waals surface area contributed by atoms with Gasteiger partial charge in [0.15, 0.2) is 0 Å². The third-order valence-electron chi connectivity index (χ3n) is 4.68. The predicted octanol–water partition coefficient (Wildman–Crippen LogP) is 4.51. The number of methoxy groups -OCH3 is 1. The Morgan fingerprint density at radius 2 is 2.14 bits per heavy atom. The summed E-state index contributed by atoms with van der Waals surface area (Å²) in [5.41, 5.74) is 1.81. The van der Waals surface area contributed by atoms with Crippen LogP contribution >= 0.6 is 0 Å². The Morgan fingerprint density at radius 1 is 1.38 bits per heavy atom. The largest absolute Gasteiger partial charge is 0.496 e. The molecule has 1 saturated carbocycles. The van der Waals surface area contributed by atoms with Gasteiger partial charge in [-0.15, -0.1) is 0 Å². The number of aryl methyl sites for hydroxylation is 1. The second-order valence-electron chi connectivity index (χ2n) is 7.31. The van der Waals surface area contributed by atoms with E-state index in [9.17, 15) is 5.11 Å². The molecular formula is C19H30O2. The van der Waals surface area contributed by atoms with Crippen LogP contribution in [-0.2, 0) is 6.42 Å². The Kier molecular flexibility index (Phi) is 5.32. The van der Waals surface area contributed by atoms with Crippen molar-refractivity contribution in [2.75, 3.05) is 7.11 Å². The van der Waals surface area contributed by atoms with Crippen LogP contribution in [0.4, 0.5) is 0 Å². The minimum absolute atomic E-state index is 0.557. The van der Waals surface area contributed by atoms with Gasteiger partial charge in [-0.25, -0.2) is 0 Å².